The molecule has 0 aliphatic heterocycles. The molecule has 0 spiro atoms. The summed E-state index contributed by atoms with van der Waals surface area (Å²) in [5, 5.41) is 29.4. The lowest BCUT2D eigenvalue weighted by Gasteiger charge is -2.23. The van der Waals surface area contributed by atoms with Gasteiger partial charge in [-0.15, -0.1) is 0 Å². The summed E-state index contributed by atoms with van der Waals surface area (Å²) in [5.41, 5.74) is 0.835. The zero-order valence-electron chi connectivity index (χ0n) is 15.4. The van der Waals surface area contributed by atoms with E-state index in [4.69, 9.17) is 4.74 Å². The molecule has 1 heterocycles. The van der Waals surface area contributed by atoms with Crippen LogP contribution in [0.2, 0.25) is 0 Å². The van der Waals surface area contributed by atoms with E-state index in [1.165, 1.54) is 19.9 Å². The van der Waals surface area contributed by atoms with Gasteiger partial charge in [-0.3, -0.25) is 9.78 Å². The number of fused-ring (bicyclic) bond motifs is 1. The fourth-order valence-electron chi connectivity index (χ4n) is 2.50. The van der Waals surface area contributed by atoms with Gasteiger partial charge in [0.2, 0.25) is 0 Å². The number of hydrogen-bond acceptors (Lipinski definition) is 5. The summed E-state index contributed by atoms with van der Waals surface area (Å²) < 4.78 is 5.35. The quantitative estimate of drug-likeness (QED) is 0.657. The molecule has 0 saturated heterocycles. The minimum Gasteiger partial charge on any atom is -0.481 e. The second-order valence-corrected chi connectivity index (χ2v) is 6.66. The van der Waals surface area contributed by atoms with E-state index in [0.29, 0.717) is 5.69 Å². The molecule has 6 nitrogen and oxygen atoms in total. The molecule has 140 valence electrons. The van der Waals surface area contributed by atoms with Crippen molar-refractivity contribution in [3.63, 3.8) is 0 Å². The van der Waals surface area contributed by atoms with Gasteiger partial charge in [0.05, 0.1) is 23.4 Å². The maximum atomic E-state index is 11.4. The summed E-state index contributed by atoms with van der Waals surface area (Å²) in [6, 6.07) is 9.37. The van der Waals surface area contributed by atoms with Gasteiger partial charge < -0.3 is 20.1 Å². The molecule has 4 atom stereocenters. The Morgan fingerprint density at radius 1 is 1.19 bits per heavy atom. The third-order valence-corrected chi connectivity index (χ3v) is 4.51. The molecule has 2 aromatic rings. The predicted molar refractivity (Wildman–Crippen MR) is 99.4 cm³/mol. The zero-order chi connectivity index (χ0) is 19.5. The number of pyridine rings is 1. The minimum atomic E-state index is -1.37. The summed E-state index contributed by atoms with van der Waals surface area (Å²) in [6.07, 6.45) is 0.893. The second-order valence-electron chi connectivity index (χ2n) is 6.66. The van der Waals surface area contributed by atoms with Crippen molar-refractivity contribution >= 4 is 22.9 Å². The summed E-state index contributed by atoms with van der Waals surface area (Å²) >= 11 is 0. The average Bonchev–Trinajstić information content (AvgIpc) is 2.57. The number of carboxylic acids is 1. The van der Waals surface area contributed by atoms with E-state index in [2.05, 4.69) is 4.98 Å². The molecule has 0 bridgehead atoms. The van der Waals surface area contributed by atoms with Gasteiger partial charge in [-0.05, 0) is 45.4 Å². The van der Waals surface area contributed by atoms with Gasteiger partial charge >= 0.3 is 5.97 Å². The van der Waals surface area contributed by atoms with Crippen molar-refractivity contribution in [3.05, 3.63) is 47.7 Å². The lowest BCUT2D eigenvalue weighted by atomic mass is 9.84. The Labute approximate surface area is 152 Å². The molecular formula is C20H25NO5. The van der Waals surface area contributed by atoms with E-state index in [-0.39, 0.29) is 6.10 Å². The summed E-state index contributed by atoms with van der Waals surface area (Å²) in [5.74, 6) is -1.09. The number of hydrogen-bond donors (Lipinski definition) is 3. The molecule has 3 N–H and O–H groups in total. The Morgan fingerprint density at radius 3 is 2.42 bits per heavy atom. The summed E-state index contributed by atoms with van der Waals surface area (Å²) in [7, 11) is 0. The highest BCUT2D eigenvalue weighted by Gasteiger charge is 2.35. The maximum absolute atomic E-state index is 11.4. The van der Waals surface area contributed by atoms with Crippen molar-refractivity contribution in [2.45, 2.75) is 46.2 Å². The van der Waals surface area contributed by atoms with Gasteiger partial charge in [0, 0.05) is 5.39 Å². The number of aliphatic carboxylic acids is 1. The van der Waals surface area contributed by atoms with Crippen molar-refractivity contribution < 1.29 is 24.9 Å². The molecule has 0 aliphatic rings. The van der Waals surface area contributed by atoms with Crippen LogP contribution in [0.5, 0.6) is 0 Å². The number of benzene rings is 1. The number of nitrogens with zero attached hydrogens (tertiary/aromatic N) is 1. The molecule has 0 aliphatic carbocycles. The molecule has 0 amide bonds. The molecule has 3 unspecified atom stereocenters. The van der Waals surface area contributed by atoms with Crippen molar-refractivity contribution in [3.8, 4) is 0 Å². The van der Waals surface area contributed by atoms with Crippen LogP contribution < -0.4 is 0 Å². The van der Waals surface area contributed by atoms with Crippen LogP contribution in [-0.2, 0) is 9.53 Å². The molecule has 1 aromatic carbocycles. The van der Waals surface area contributed by atoms with Crippen molar-refractivity contribution in [1.82, 2.24) is 4.98 Å². The van der Waals surface area contributed by atoms with Crippen LogP contribution in [-0.4, -0.2) is 38.7 Å². The fraction of sp³-hybridized carbons (Fsp3) is 0.400. The number of aromatic nitrogens is 1. The van der Waals surface area contributed by atoms with E-state index in [9.17, 15) is 20.1 Å². The van der Waals surface area contributed by atoms with Gasteiger partial charge in [0.25, 0.3) is 0 Å². The van der Waals surface area contributed by atoms with Gasteiger partial charge in [0.15, 0.2) is 6.29 Å². The number of ether oxygens (including phenoxy) is 1. The Bertz CT molecular complexity index is 815. The number of carbonyl (C=O) groups is 1. The summed E-state index contributed by atoms with van der Waals surface area (Å²) in [4.78, 5) is 16.0. The molecular weight excluding hydrogens is 334 g/mol. The van der Waals surface area contributed by atoms with E-state index >= 15 is 0 Å². The van der Waals surface area contributed by atoms with E-state index in [1.54, 1.807) is 13.0 Å². The highest BCUT2D eigenvalue weighted by molar-refractivity contribution is 5.83. The van der Waals surface area contributed by atoms with Gasteiger partial charge in [-0.2, -0.15) is 0 Å². The van der Waals surface area contributed by atoms with Crippen LogP contribution in [0.15, 0.2) is 36.4 Å². The molecule has 2 rings (SSSR count). The standard InChI is InChI=1S/C20H25NO5/c1-12(26-14(3)23)17-8-7-16-6-5-15(11-18(16)21-17)9-10-20(4,13(2)22)19(24)25/h5-14,22-23H,1-4H3,(H,24,25)/b10-9+/t12-,13?,14?,20?/m1/s1. The third-order valence-electron chi connectivity index (χ3n) is 4.51. The Balaban J connectivity index is 2.35. The van der Waals surface area contributed by atoms with Crippen LogP contribution in [0.4, 0.5) is 0 Å². The Hall–Kier alpha value is -2.28. The number of carboxylic acid groups (broad SMARTS) is 1. The van der Waals surface area contributed by atoms with Crippen LogP contribution in [0, 0.1) is 5.41 Å². The van der Waals surface area contributed by atoms with E-state index < -0.39 is 23.8 Å². The molecule has 1 aromatic heterocycles. The molecule has 0 fully saturated rings. The molecule has 0 radical (unpaired) electrons. The van der Waals surface area contributed by atoms with Crippen molar-refractivity contribution in [1.29, 1.82) is 0 Å². The lowest BCUT2D eigenvalue weighted by Crippen LogP contribution is -2.36. The zero-order valence-corrected chi connectivity index (χ0v) is 15.4. The topological polar surface area (TPSA) is 99.9 Å². The molecule has 26 heavy (non-hydrogen) atoms. The van der Waals surface area contributed by atoms with Crippen molar-refractivity contribution in [2.24, 2.45) is 5.41 Å². The predicted octanol–water partition coefficient (Wildman–Crippen LogP) is 3.14. The largest absolute Gasteiger partial charge is 0.481 e. The van der Waals surface area contributed by atoms with Crippen LogP contribution in [0.1, 0.15) is 45.1 Å². The average molecular weight is 359 g/mol. The highest BCUT2D eigenvalue weighted by atomic mass is 16.6. The SMILES string of the molecule is CC(O)O[C@H](C)c1ccc2ccc(/C=C/C(C)(C(=O)O)C(C)O)cc2n1. The van der Waals surface area contributed by atoms with Gasteiger partial charge in [-0.25, -0.2) is 0 Å². The van der Waals surface area contributed by atoms with Gasteiger partial charge in [0.1, 0.15) is 5.41 Å². The van der Waals surface area contributed by atoms with Crippen molar-refractivity contribution in [2.75, 3.05) is 0 Å². The summed E-state index contributed by atoms with van der Waals surface area (Å²) in [6.45, 7) is 6.28. The van der Waals surface area contributed by atoms with Gasteiger partial charge in [-0.1, -0.05) is 30.4 Å². The first-order valence-electron chi connectivity index (χ1n) is 8.48. The fourth-order valence-corrected chi connectivity index (χ4v) is 2.50. The first kappa shape index (κ1) is 20.0. The first-order valence-corrected chi connectivity index (χ1v) is 8.48. The van der Waals surface area contributed by atoms with Crippen LogP contribution >= 0.6 is 0 Å². The number of aliphatic hydroxyl groups excluding tert-OH is 2. The normalized spacial score (nSPS) is 17.8. The third kappa shape index (κ3) is 4.46. The lowest BCUT2D eigenvalue weighted by molar-refractivity contribution is -0.150. The smallest absolute Gasteiger partial charge is 0.315 e. The minimum absolute atomic E-state index is 0.357. The van der Waals surface area contributed by atoms with Crippen LogP contribution in [0.25, 0.3) is 17.0 Å². The molecule has 0 saturated carbocycles. The Morgan fingerprint density at radius 2 is 1.85 bits per heavy atom. The van der Waals surface area contributed by atoms with Crippen LogP contribution in [0.3, 0.4) is 0 Å². The highest BCUT2D eigenvalue weighted by Crippen LogP contribution is 2.26. The Kier molecular flexibility index (Phi) is 6.13. The number of rotatable bonds is 7. The van der Waals surface area contributed by atoms with E-state index in [1.807, 2.05) is 37.3 Å². The van der Waals surface area contributed by atoms with E-state index in [0.717, 1.165) is 16.5 Å². The number of aliphatic hydroxyl groups is 2. The molecule has 6 heteroatoms. The maximum Gasteiger partial charge on any atom is 0.315 e. The second kappa shape index (κ2) is 7.95. The monoisotopic (exact) mass is 359 g/mol. The first-order chi connectivity index (χ1) is 12.1.